The zero-order valence-corrected chi connectivity index (χ0v) is 14.0. The molecular weight excluding hydrogens is 340 g/mol. The Labute approximate surface area is 139 Å². The van der Waals surface area contributed by atoms with E-state index in [-0.39, 0.29) is 0 Å². The molecule has 0 aromatic heterocycles. The largest absolute Gasteiger partial charge is 0.493 e. The Balaban J connectivity index is 2.16. The molecule has 0 saturated heterocycles. The number of nitriles is 1. The van der Waals surface area contributed by atoms with Crippen LogP contribution in [0, 0.1) is 11.3 Å². The highest BCUT2D eigenvalue weighted by atomic mass is 79.9. The lowest BCUT2D eigenvalue weighted by Crippen LogP contribution is -1.99. The SMILES string of the molecule is CCCCOc1cc(Br)ccc1/C=N/c1ccc(C#N)cc1. The van der Waals surface area contributed by atoms with Crippen molar-refractivity contribution in [3.8, 4) is 11.8 Å². The molecule has 0 atom stereocenters. The minimum atomic E-state index is 0.631. The molecule has 0 N–H and O–H groups in total. The summed E-state index contributed by atoms with van der Waals surface area (Å²) in [6.07, 6.45) is 3.91. The first-order valence-corrected chi connectivity index (χ1v) is 7.99. The number of benzene rings is 2. The molecule has 0 aliphatic rings. The van der Waals surface area contributed by atoms with E-state index in [0.29, 0.717) is 12.2 Å². The quantitative estimate of drug-likeness (QED) is 0.524. The van der Waals surface area contributed by atoms with Gasteiger partial charge in [0.15, 0.2) is 0 Å². The van der Waals surface area contributed by atoms with E-state index in [1.54, 1.807) is 18.3 Å². The minimum absolute atomic E-state index is 0.631. The van der Waals surface area contributed by atoms with E-state index >= 15 is 0 Å². The molecule has 22 heavy (non-hydrogen) atoms. The average molecular weight is 357 g/mol. The van der Waals surface area contributed by atoms with Crippen LogP contribution in [-0.4, -0.2) is 12.8 Å². The topological polar surface area (TPSA) is 45.4 Å². The molecule has 0 saturated carbocycles. The molecule has 4 heteroatoms. The third-order valence-corrected chi connectivity index (χ3v) is 3.57. The van der Waals surface area contributed by atoms with Gasteiger partial charge in [0.2, 0.25) is 0 Å². The summed E-state index contributed by atoms with van der Waals surface area (Å²) in [5.74, 6) is 0.820. The summed E-state index contributed by atoms with van der Waals surface area (Å²) in [5, 5.41) is 8.79. The zero-order valence-electron chi connectivity index (χ0n) is 12.4. The number of unbranched alkanes of at least 4 members (excludes halogenated alkanes) is 1. The van der Waals surface area contributed by atoms with Crippen molar-refractivity contribution in [1.29, 1.82) is 5.26 Å². The summed E-state index contributed by atoms with van der Waals surface area (Å²) in [7, 11) is 0. The number of halogens is 1. The van der Waals surface area contributed by atoms with Crippen LogP contribution >= 0.6 is 15.9 Å². The minimum Gasteiger partial charge on any atom is -0.493 e. The molecular formula is C18H17BrN2O. The molecule has 112 valence electrons. The molecule has 2 aromatic rings. The lowest BCUT2D eigenvalue weighted by Gasteiger charge is -2.09. The van der Waals surface area contributed by atoms with E-state index in [1.807, 2.05) is 30.3 Å². The van der Waals surface area contributed by atoms with Crippen LogP contribution in [0.25, 0.3) is 0 Å². The molecule has 0 radical (unpaired) electrons. The van der Waals surface area contributed by atoms with E-state index in [2.05, 4.69) is 33.9 Å². The van der Waals surface area contributed by atoms with Gasteiger partial charge in [-0.15, -0.1) is 0 Å². The van der Waals surface area contributed by atoms with Crippen molar-refractivity contribution >= 4 is 27.8 Å². The van der Waals surface area contributed by atoms with Gasteiger partial charge in [0.05, 0.1) is 23.9 Å². The van der Waals surface area contributed by atoms with Crippen molar-refractivity contribution in [2.45, 2.75) is 19.8 Å². The van der Waals surface area contributed by atoms with Crippen LogP contribution < -0.4 is 4.74 Å². The second-order valence-electron chi connectivity index (χ2n) is 4.80. The Kier molecular flexibility index (Phi) is 6.17. The number of aliphatic imine (C=N–C) groups is 1. The highest BCUT2D eigenvalue weighted by molar-refractivity contribution is 9.10. The molecule has 2 aromatic carbocycles. The Morgan fingerprint density at radius 3 is 2.68 bits per heavy atom. The van der Waals surface area contributed by atoms with E-state index in [0.717, 1.165) is 34.3 Å². The normalized spacial score (nSPS) is 10.6. The molecule has 0 aliphatic carbocycles. The third kappa shape index (κ3) is 4.71. The Morgan fingerprint density at radius 2 is 2.00 bits per heavy atom. The highest BCUT2D eigenvalue weighted by Crippen LogP contribution is 2.23. The van der Waals surface area contributed by atoms with Gasteiger partial charge in [-0.1, -0.05) is 29.3 Å². The van der Waals surface area contributed by atoms with Gasteiger partial charge >= 0.3 is 0 Å². The van der Waals surface area contributed by atoms with Gasteiger partial charge in [-0.25, -0.2) is 0 Å². The van der Waals surface area contributed by atoms with Crippen molar-refractivity contribution in [2.75, 3.05) is 6.61 Å². The fourth-order valence-corrected chi connectivity index (χ4v) is 2.17. The van der Waals surface area contributed by atoms with E-state index in [4.69, 9.17) is 10.00 Å². The first-order chi connectivity index (χ1) is 10.7. The van der Waals surface area contributed by atoms with Crippen molar-refractivity contribution in [1.82, 2.24) is 0 Å². The van der Waals surface area contributed by atoms with Crippen LogP contribution in [0.5, 0.6) is 5.75 Å². The van der Waals surface area contributed by atoms with Crippen LogP contribution in [0.2, 0.25) is 0 Å². The second-order valence-corrected chi connectivity index (χ2v) is 5.72. The third-order valence-electron chi connectivity index (χ3n) is 3.08. The maximum atomic E-state index is 8.79. The predicted molar refractivity (Wildman–Crippen MR) is 93.0 cm³/mol. The van der Waals surface area contributed by atoms with Gasteiger partial charge < -0.3 is 4.74 Å². The van der Waals surface area contributed by atoms with Crippen molar-refractivity contribution < 1.29 is 4.74 Å². The smallest absolute Gasteiger partial charge is 0.129 e. The van der Waals surface area contributed by atoms with Gasteiger partial charge in [-0.05, 0) is 48.9 Å². The van der Waals surface area contributed by atoms with E-state index < -0.39 is 0 Å². The predicted octanol–water partition coefficient (Wildman–Crippen LogP) is 5.25. The molecule has 0 unspecified atom stereocenters. The van der Waals surface area contributed by atoms with Crippen LogP contribution in [0.4, 0.5) is 5.69 Å². The molecule has 0 bridgehead atoms. The average Bonchev–Trinajstić information content (AvgIpc) is 2.55. The monoisotopic (exact) mass is 356 g/mol. The summed E-state index contributed by atoms with van der Waals surface area (Å²) < 4.78 is 6.80. The summed E-state index contributed by atoms with van der Waals surface area (Å²) in [6, 6.07) is 15.1. The van der Waals surface area contributed by atoms with Crippen molar-refractivity contribution in [2.24, 2.45) is 4.99 Å². The van der Waals surface area contributed by atoms with E-state index in [1.165, 1.54) is 0 Å². The molecule has 0 amide bonds. The van der Waals surface area contributed by atoms with Crippen LogP contribution in [0.3, 0.4) is 0 Å². The summed E-state index contributed by atoms with van der Waals surface area (Å²) in [6.45, 7) is 2.84. The Bertz CT molecular complexity index is 687. The van der Waals surface area contributed by atoms with Gasteiger partial charge in [-0.3, -0.25) is 4.99 Å². The van der Waals surface area contributed by atoms with Gasteiger partial charge in [0, 0.05) is 16.3 Å². The van der Waals surface area contributed by atoms with Crippen LogP contribution in [0.15, 0.2) is 51.9 Å². The fourth-order valence-electron chi connectivity index (χ4n) is 1.83. The molecule has 2 rings (SSSR count). The molecule has 0 spiro atoms. The molecule has 3 nitrogen and oxygen atoms in total. The maximum absolute atomic E-state index is 8.79. The number of ether oxygens (including phenoxy) is 1. The highest BCUT2D eigenvalue weighted by Gasteiger charge is 2.03. The first kappa shape index (κ1) is 16.3. The Hall–Kier alpha value is -2.12. The lowest BCUT2D eigenvalue weighted by molar-refractivity contribution is 0.309. The number of rotatable bonds is 6. The van der Waals surface area contributed by atoms with Crippen molar-refractivity contribution in [3.63, 3.8) is 0 Å². The number of hydrogen-bond donors (Lipinski definition) is 0. The standard InChI is InChI=1S/C18H17BrN2O/c1-2-3-10-22-18-11-16(19)7-6-15(18)13-21-17-8-4-14(12-20)5-9-17/h4-9,11,13H,2-3,10H2,1H3/b21-13+. The molecule has 0 aliphatic heterocycles. The molecule has 0 fully saturated rings. The summed E-state index contributed by atoms with van der Waals surface area (Å²) >= 11 is 3.46. The first-order valence-electron chi connectivity index (χ1n) is 7.19. The maximum Gasteiger partial charge on any atom is 0.129 e. The van der Waals surface area contributed by atoms with Gasteiger partial charge in [0.1, 0.15) is 5.75 Å². The van der Waals surface area contributed by atoms with Crippen LogP contribution in [0.1, 0.15) is 30.9 Å². The summed E-state index contributed by atoms with van der Waals surface area (Å²) in [4.78, 5) is 4.44. The van der Waals surface area contributed by atoms with Crippen molar-refractivity contribution in [3.05, 3.63) is 58.1 Å². The lowest BCUT2D eigenvalue weighted by atomic mass is 10.2. The second kappa shape index (κ2) is 8.35. The fraction of sp³-hybridized carbons (Fsp3) is 0.222. The number of hydrogen-bond acceptors (Lipinski definition) is 3. The Morgan fingerprint density at radius 1 is 1.23 bits per heavy atom. The summed E-state index contributed by atoms with van der Waals surface area (Å²) in [5.41, 5.74) is 2.37. The van der Waals surface area contributed by atoms with Gasteiger partial charge in [0.25, 0.3) is 0 Å². The zero-order chi connectivity index (χ0) is 15.8. The number of nitrogens with zero attached hydrogens (tertiary/aromatic N) is 2. The van der Waals surface area contributed by atoms with E-state index in [9.17, 15) is 0 Å². The van der Waals surface area contributed by atoms with Crippen LogP contribution in [-0.2, 0) is 0 Å². The van der Waals surface area contributed by atoms with Gasteiger partial charge in [-0.2, -0.15) is 5.26 Å². The molecule has 0 heterocycles.